The molecular formula is C13H26O4Si. The average molecular weight is 274 g/mol. The van der Waals surface area contributed by atoms with Crippen LogP contribution in [0.1, 0.15) is 40.5 Å². The lowest BCUT2D eigenvalue weighted by Gasteiger charge is -2.35. The van der Waals surface area contributed by atoms with Gasteiger partial charge in [0.25, 0.3) is 14.3 Å². The fourth-order valence-electron chi connectivity index (χ4n) is 1.52. The van der Waals surface area contributed by atoms with E-state index in [0.29, 0.717) is 26.1 Å². The van der Waals surface area contributed by atoms with Crippen molar-refractivity contribution in [3.8, 4) is 0 Å². The third-order valence-corrected chi connectivity index (χ3v) is 8.21. The minimum absolute atomic E-state index is 0.0485. The molecule has 0 unspecified atom stereocenters. The van der Waals surface area contributed by atoms with Gasteiger partial charge in [0.1, 0.15) is 0 Å². The molecule has 1 aliphatic rings. The van der Waals surface area contributed by atoms with Crippen LogP contribution < -0.4 is 0 Å². The molecule has 1 aliphatic heterocycles. The highest BCUT2D eigenvalue weighted by Crippen LogP contribution is 2.37. The predicted octanol–water partition coefficient (Wildman–Crippen LogP) is 3.08. The molecule has 1 heterocycles. The van der Waals surface area contributed by atoms with Gasteiger partial charge >= 0.3 is 0 Å². The third kappa shape index (κ3) is 4.07. The summed E-state index contributed by atoms with van der Waals surface area (Å²) >= 11 is 0. The van der Waals surface area contributed by atoms with E-state index in [1.807, 2.05) is 6.92 Å². The zero-order chi connectivity index (χ0) is 14.0. The van der Waals surface area contributed by atoms with E-state index in [-0.39, 0.29) is 11.0 Å². The Morgan fingerprint density at radius 2 is 1.78 bits per heavy atom. The van der Waals surface area contributed by atoms with E-state index < -0.39 is 14.1 Å². The molecule has 0 radical (unpaired) electrons. The van der Waals surface area contributed by atoms with Crippen molar-refractivity contribution in [3.05, 3.63) is 0 Å². The Hall–Kier alpha value is -0.393. The second kappa shape index (κ2) is 5.31. The molecule has 0 spiro atoms. The second-order valence-electron chi connectivity index (χ2n) is 6.57. The first-order chi connectivity index (χ1) is 8.06. The number of hydrogen-bond donors (Lipinski definition) is 0. The number of rotatable bonds is 4. The Morgan fingerprint density at radius 3 is 2.22 bits per heavy atom. The molecule has 18 heavy (non-hydrogen) atoms. The van der Waals surface area contributed by atoms with Crippen LogP contribution in [0, 0.1) is 0 Å². The van der Waals surface area contributed by atoms with Gasteiger partial charge in [-0.3, -0.25) is 4.79 Å². The highest BCUT2D eigenvalue weighted by atomic mass is 28.4. The monoisotopic (exact) mass is 274 g/mol. The van der Waals surface area contributed by atoms with Gasteiger partial charge in [-0.05, 0) is 25.1 Å². The molecule has 0 aromatic carbocycles. The summed E-state index contributed by atoms with van der Waals surface area (Å²) in [5, 5.41) is 0.0485. The standard InChI is InChI=1S/C13H26O4Si/c1-12(2,3)18(5,6)17-11(14)7-8-13(4)15-9-10-16-13/h7-10H2,1-6H3. The Kier molecular flexibility index (Phi) is 4.62. The predicted molar refractivity (Wildman–Crippen MR) is 72.8 cm³/mol. The van der Waals surface area contributed by atoms with Gasteiger partial charge in [0.15, 0.2) is 5.79 Å². The summed E-state index contributed by atoms with van der Waals surface area (Å²) in [4.78, 5) is 11.9. The average Bonchev–Trinajstić information content (AvgIpc) is 2.61. The summed E-state index contributed by atoms with van der Waals surface area (Å²) in [6.07, 6.45) is 0.906. The molecule has 0 atom stereocenters. The molecule has 1 saturated heterocycles. The van der Waals surface area contributed by atoms with Gasteiger partial charge in [0, 0.05) is 12.8 Å². The van der Waals surface area contributed by atoms with Gasteiger partial charge < -0.3 is 13.9 Å². The summed E-state index contributed by atoms with van der Waals surface area (Å²) in [7, 11) is -2.00. The first-order valence-corrected chi connectivity index (χ1v) is 9.46. The van der Waals surface area contributed by atoms with Crippen molar-refractivity contribution >= 4 is 14.3 Å². The fourth-order valence-corrected chi connectivity index (χ4v) is 2.50. The van der Waals surface area contributed by atoms with Gasteiger partial charge in [-0.2, -0.15) is 0 Å². The molecule has 106 valence electrons. The van der Waals surface area contributed by atoms with E-state index in [2.05, 4.69) is 33.9 Å². The molecule has 0 aromatic heterocycles. The SMILES string of the molecule is CC1(CCC(=O)O[Si](C)(C)C(C)(C)C)OCCO1. The molecule has 0 saturated carbocycles. The molecule has 0 bridgehead atoms. The molecule has 5 heteroatoms. The van der Waals surface area contributed by atoms with Crippen molar-refractivity contribution in [1.29, 1.82) is 0 Å². The maximum absolute atomic E-state index is 11.9. The van der Waals surface area contributed by atoms with Crippen LogP contribution >= 0.6 is 0 Å². The van der Waals surface area contributed by atoms with Gasteiger partial charge in [-0.15, -0.1) is 0 Å². The van der Waals surface area contributed by atoms with Gasteiger partial charge in [-0.25, -0.2) is 0 Å². The Bertz CT molecular complexity index is 301. The summed E-state index contributed by atoms with van der Waals surface area (Å²) in [5.41, 5.74) is 0. The van der Waals surface area contributed by atoms with E-state index in [4.69, 9.17) is 13.9 Å². The van der Waals surface area contributed by atoms with Crippen LogP contribution in [0.15, 0.2) is 0 Å². The lowest BCUT2D eigenvalue weighted by Crippen LogP contribution is -2.43. The lowest BCUT2D eigenvalue weighted by atomic mass is 10.2. The maximum Gasteiger partial charge on any atom is 0.292 e. The molecule has 0 amide bonds. The van der Waals surface area contributed by atoms with Crippen molar-refractivity contribution < 1.29 is 18.7 Å². The number of carbonyl (C=O) groups is 1. The lowest BCUT2D eigenvalue weighted by molar-refractivity contribution is -0.157. The zero-order valence-electron chi connectivity index (χ0n) is 12.5. The first kappa shape index (κ1) is 15.7. The molecule has 0 N–H and O–H groups in total. The third-order valence-electron chi connectivity index (χ3n) is 3.86. The van der Waals surface area contributed by atoms with Crippen molar-refractivity contribution in [2.45, 2.75) is 64.5 Å². The topological polar surface area (TPSA) is 44.8 Å². The van der Waals surface area contributed by atoms with E-state index in [1.165, 1.54) is 0 Å². The summed E-state index contributed by atoms with van der Waals surface area (Å²) < 4.78 is 16.6. The molecule has 4 nitrogen and oxygen atoms in total. The number of ether oxygens (including phenoxy) is 2. The van der Waals surface area contributed by atoms with Crippen LogP contribution in [0.5, 0.6) is 0 Å². The van der Waals surface area contributed by atoms with E-state index >= 15 is 0 Å². The van der Waals surface area contributed by atoms with Crippen molar-refractivity contribution in [1.82, 2.24) is 0 Å². The van der Waals surface area contributed by atoms with Crippen LogP contribution in [0.25, 0.3) is 0 Å². The Labute approximate surface area is 111 Å². The fraction of sp³-hybridized carbons (Fsp3) is 0.923. The second-order valence-corrected chi connectivity index (χ2v) is 11.3. The van der Waals surface area contributed by atoms with Crippen LogP contribution in [0.3, 0.4) is 0 Å². The maximum atomic E-state index is 11.9. The minimum Gasteiger partial charge on any atom is -0.519 e. The van der Waals surface area contributed by atoms with Crippen molar-refractivity contribution in [2.24, 2.45) is 0 Å². The Morgan fingerprint density at radius 1 is 1.28 bits per heavy atom. The van der Waals surface area contributed by atoms with Gasteiger partial charge in [0.2, 0.25) is 0 Å². The largest absolute Gasteiger partial charge is 0.519 e. The molecule has 0 aliphatic carbocycles. The van der Waals surface area contributed by atoms with Crippen LogP contribution in [0.2, 0.25) is 18.1 Å². The van der Waals surface area contributed by atoms with Crippen molar-refractivity contribution in [3.63, 3.8) is 0 Å². The first-order valence-electron chi connectivity index (χ1n) is 6.56. The number of hydrogen-bond acceptors (Lipinski definition) is 4. The Balaban J connectivity index is 2.43. The quantitative estimate of drug-likeness (QED) is 0.739. The summed E-state index contributed by atoms with van der Waals surface area (Å²) in [6.45, 7) is 13.6. The zero-order valence-corrected chi connectivity index (χ0v) is 13.5. The van der Waals surface area contributed by atoms with Gasteiger partial charge in [-0.1, -0.05) is 20.8 Å². The van der Waals surface area contributed by atoms with Gasteiger partial charge in [0.05, 0.1) is 13.2 Å². The van der Waals surface area contributed by atoms with E-state index in [1.54, 1.807) is 0 Å². The van der Waals surface area contributed by atoms with Crippen LogP contribution in [-0.2, 0) is 18.7 Å². The molecule has 1 rings (SSSR count). The van der Waals surface area contributed by atoms with Crippen LogP contribution in [-0.4, -0.2) is 33.3 Å². The highest BCUT2D eigenvalue weighted by molar-refractivity contribution is 6.75. The molecule has 0 aromatic rings. The number of carbonyl (C=O) groups excluding carboxylic acids is 1. The highest BCUT2D eigenvalue weighted by Gasteiger charge is 2.41. The summed E-state index contributed by atoms with van der Waals surface area (Å²) in [5.74, 6) is -0.742. The van der Waals surface area contributed by atoms with E-state index in [9.17, 15) is 4.79 Å². The van der Waals surface area contributed by atoms with Crippen molar-refractivity contribution in [2.75, 3.05) is 13.2 Å². The van der Waals surface area contributed by atoms with E-state index in [0.717, 1.165) is 0 Å². The molecular weight excluding hydrogens is 248 g/mol. The smallest absolute Gasteiger partial charge is 0.292 e. The molecule has 1 fully saturated rings. The normalized spacial score (nSPS) is 19.9. The van der Waals surface area contributed by atoms with Crippen LogP contribution in [0.4, 0.5) is 0 Å². The summed E-state index contributed by atoms with van der Waals surface area (Å²) in [6, 6.07) is 0. The minimum atomic E-state index is -2.00.